The summed E-state index contributed by atoms with van der Waals surface area (Å²) in [4.78, 5) is 1.70. The van der Waals surface area contributed by atoms with Gasteiger partial charge in [-0.3, -0.25) is 0 Å². The van der Waals surface area contributed by atoms with Crippen molar-refractivity contribution in [2.75, 3.05) is 0 Å². The second kappa shape index (κ2) is 4.32. The van der Waals surface area contributed by atoms with E-state index >= 15 is 0 Å². The highest BCUT2D eigenvalue weighted by Crippen LogP contribution is 2.31. The maximum atomic E-state index is 5.52. The van der Waals surface area contributed by atoms with Crippen molar-refractivity contribution in [2.45, 2.75) is 30.4 Å². The highest BCUT2D eigenvalue weighted by Gasteiger charge is 2.11. The lowest BCUT2D eigenvalue weighted by Crippen LogP contribution is -2.09. The van der Waals surface area contributed by atoms with Crippen LogP contribution in [0.5, 0.6) is 0 Å². The summed E-state index contributed by atoms with van der Waals surface area (Å²) in [5.74, 6) is 0. The molecule has 1 rings (SSSR count). The van der Waals surface area contributed by atoms with Crippen LogP contribution in [0, 0.1) is 0 Å². The van der Waals surface area contributed by atoms with E-state index in [4.69, 9.17) is 18.0 Å². The first kappa shape index (κ1) is 11.5. The molecule has 0 aromatic heterocycles. The maximum Gasteiger partial charge on any atom is 0.103 e. The van der Waals surface area contributed by atoms with E-state index in [1.807, 2.05) is 23.9 Å². The predicted octanol–water partition coefficient (Wildman–Crippen LogP) is 3.21. The minimum Gasteiger partial charge on any atom is -0.389 e. The van der Waals surface area contributed by atoms with Crippen LogP contribution in [0.4, 0.5) is 0 Å². The Kier molecular flexibility index (Phi) is 3.56. The lowest BCUT2D eigenvalue weighted by atomic mass is 10.2. The van der Waals surface area contributed by atoms with Crippen molar-refractivity contribution in [1.82, 2.24) is 0 Å². The summed E-state index contributed by atoms with van der Waals surface area (Å²) in [6.45, 7) is 6.58. The van der Waals surface area contributed by atoms with Crippen molar-refractivity contribution in [3.63, 3.8) is 0 Å². The van der Waals surface area contributed by atoms with Crippen LogP contribution in [-0.2, 0) is 0 Å². The molecule has 0 aliphatic rings. The van der Waals surface area contributed by atoms with Crippen molar-refractivity contribution >= 4 is 29.0 Å². The number of thioether (sulfide) groups is 1. The first-order valence-electron chi connectivity index (χ1n) is 4.47. The number of hydrogen-bond acceptors (Lipinski definition) is 2. The van der Waals surface area contributed by atoms with Crippen LogP contribution >= 0.6 is 24.0 Å². The molecule has 0 fully saturated rings. The third kappa shape index (κ3) is 3.68. The molecule has 0 unspecified atom stereocenters. The Morgan fingerprint density at radius 1 is 1.21 bits per heavy atom. The van der Waals surface area contributed by atoms with Crippen molar-refractivity contribution in [3.8, 4) is 0 Å². The zero-order valence-corrected chi connectivity index (χ0v) is 10.3. The Labute approximate surface area is 95.1 Å². The molecule has 3 heteroatoms. The SMILES string of the molecule is CC(C)(C)Sc1ccc(C(N)=S)cc1. The third-order valence-corrected chi connectivity index (χ3v) is 2.92. The minimum absolute atomic E-state index is 0.241. The van der Waals surface area contributed by atoms with Gasteiger partial charge in [-0.25, -0.2) is 0 Å². The quantitative estimate of drug-likeness (QED) is 0.618. The average molecular weight is 225 g/mol. The van der Waals surface area contributed by atoms with E-state index in [2.05, 4.69) is 32.9 Å². The molecule has 0 atom stereocenters. The Morgan fingerprint density at radius 2 is 1.71 bits per heavy atom. The van der Waals surface area contributed by atoms with Gasteiger partial charge in [-0.1, -0.05) is 45.1 Å². The van der Waals surface area contributed by atoms with E-state index in [0.29, 0.717) is 4.99 Å². The van der Waals surface area contributed by atoms with Crippen LogP contribution in [0.15, 0.2) is 29.2 Å². The zero-order valence-electron chi connectivity index (χ0n) is 8.70. The molecule has 14 heavy (non-hydrogen) atoms. The normalized spacial score (nSPS) is 11.4. The predicted molar refractivity (Wildman–Crippen MR) is 67.9 cm³/mol. The molecular weight excluding hydrogens is 210 g/mol. The first-order chi connectivity index (χ1) is 6.38. The molecule has 0 radical (unpaired) electrons. The summed E-state index contributed by atoms with van der Waals surface area (Å²) in [7, 11) is 0. The molecule has 76 valence electrons. The van der Waals surface area contributed by atoms with Crippen LogP contribution in [0.3, 0.4) is 0 Å². The smallest absolute Gasteiger partial charge is 0.103 e. The number of rotatable bonds is 2. The molecule has 0 spiro atoms. The monoisotopic (exact) mass is 225 g/mol. The van der Waals surface area contributed by atoms with E-state index in [1.165, 1.54) is 4.90 Å². The van der Waals surface area contributed by atoms with Crippen LogP contribution in [0.25, 0.3) is 0 Å². The topological polar surface area (TPSA) is 26.0 Å². The molecule has 1 aromatic rings. The van der Waals surface area contributed by atoms with Gasteiger partial charge in [0.15, 0.2) is 0 Å². The van der Waals surface area contributed by atoms with Crippen molar-refractivity contribution in [2.24, 2.45) is 5.73 Å². The van der Waals surface area contributed by atoms with Gasteiger partial charge >= 0.3 is 0 Å². The lowest BCUT2D eigenvalue weighted by Gasteiger charge is -2.17. The molecular formula is C11H15NS2. The van der Waals surface area contributed by atoms with Crippen LogP contribution in [0.1, 0.15) is 26.3 Å². The second-order valence-corrected chi connectivity index (χ2v) is 6.44. The van der Waals surface area contributed by atoms with Gasteiger partial charge in [0.1, 0.15) is 4.99 Å². The van der Waals surface area contributed by atoms with Gasteiger partial charge in [0.05, 0.1) is 0 Å². The molecule has 0 aliphatic carbocycles. The molecule has 0 saturated heterocycles. The summed E-state index contributed by atoms with van der Waals surface area (Å²) in [6, 6.07) is 8.06. The maximum absolute atomic E-state index is 5.52. The Morgan fingerprint density at radius 3 is 2.07 bits per heavy atom. The van der Waals surface area contributed by atoms with Crippen molar-refractivity contribution < 1.29 is 0 Å². The van der Waals surface area contributed by atoms with E-state index in [1.54, 1.807) is 0 Å². The van der Waals surface area contributed by atoms with E-state index < -0.39 is 0 Å². The van der Waals surface area contributed by atoms with Crippen LogP contribution in [0.2, 0.25) is 0 Å². The van der Waals surface area contributed by atoms with E-state index in [-0.39, 0.29) is 4.75 Å². The standard InChI is InChI=1S/C11H15NS2/c1-11(2,3)14-9-6-4-8(5-7-9)10(12)13/h4-7H,1-3H3,(H2,12,13). The Balaban J connectivity index is 2.79. The van der Waals surface area contributed by atoms with Gasteiger partial charge in [0.25, 0.3) is 0 Å². The highest BCUT2D eigenvalue weighted by molar-refractivity contribution is 8.00. The zero-order chi connectivity index (χ0) is 10.8. The molecule has 1 nitrogen and oxygen atoms in total. The van der Waals surface area contributed by atoms with Gasteiger partial charge in [-0.05, 0) is 12.1 Å². The van der Waals surface area contributed by atoms with Crippen molar-refractivity contribution in [1.29, 1.82) is 0 Å². The molecule has 2 N–H and O–H groups in total. The largest absolute Gasteiger partial charge is 0.389 e. The fourth-order valence-corrected chi connectivity index (χ4v) is 2.16. The minimum atomic E-state index is 0.241. The average Bonchev–Trinajstić information content (AvgIpc) is 2.02. The molecule has 0 bridgehead atoms. The Bertz CT molecular complexity index is 322. The van der Waals surface area contributed by atoms with Gasteiger partial charge in [0, 0.05) is 15.2 Å². The molecule has 1 aromatic carbocycles. The molecule has 0 amide bonds. The third-order valence-electron chi connectivity index (χ3n) is 1.56. The fourth-order valence-electron chi connectivity index (χ4n) is 1.04. The fraction of sp³-hybridized carbons (Fsp3) is 0.364. The highest BCUT2D eigenvalue weighted by atomic mass is 32.2. The van der Waals surface area contributed by atoms with Gasteiger partial charge < -0.3 is 5.73 Å². The first-order valence-corrected chi connectivity index (χ1v) is 5.70. The molecule has 0 saturated carbocycles. The summed E-state index contributed by atoms with van der Waals surface area (Å²) in [5, 5.41) is 0. The summed E-state index contributed by atoms with van der Waals surface area (Å²) < 4.78 is 0.241. The Hall–Kier alpha value is -0.540. The summed E-state index contributed by atoms with van der Waals surface area (Å²) >= 11 is 6.72. The molecule has 0 heterocycles. The number of nitrogens with two attached hydrogens (primary N) is 1. The summed E-state index contributed by atoms with van der Waals surface area (Å²) in [5.41, 5.74) is 6.44. The van der Waals surface area contributed by atoms with E-state index in [0.717, 1.165) is 5.56 Å². The number of hydrogen-bond donors (Lipinski definition) is 1. The van der Waals surface area contributed by atoms with Crippen molar-refractivity contribution in [3.05, 3.63) is 29.8 Å². The summed E-state index contributed by atoms with van der Waals surface area (Å²) in [6.07, 6.45) is 0. The lowest BCUT2D eigenvalue weighted by molar-refractivity contribution is 0.803. The molecule has 0 aliphatic heterocycles. The van der Waals surface area contributed by atoms with Gasteiger partial charge in [-0.2, -0.15) is 0 Å². The van der Waals surface area contributed by atoms with Gasteiger partial charge in [0.2, 0.25) is 0 Å². The van der Waals surface area contributed by atoms with Gasteiger partial charge in [-0.15, -0.1) is 11.8 Å². The van der Waals surface area contributed by atoms with E-state index in [9.17, 15) is 0 Å². The second-order valence-electron chi connectivity index (χ2n) is 4.10. The van der Waals surface area contributed by atoms with Crippen LogP contribution in [-0.4, -0.2) is 9.74 Å². The number of benzene rings is 1. The number of thiocarbonyl (C=S) groups is 1. The van der Waals surface area contributed by atoms with Crippen LogP contribution < -0.4 is 5.73 Å².